The normalized spacial score (nSPS) is 13.8. The second kappa shape index (κ2) is 6.04. The lowest BCUT2D eigenvalue weighted by atomic mass is 10.3. The van der Waals surface area contributed by atoms with E-state index in [1.807, 2.05) is 0 Å². The molecule has 0 spiro atoms. The first-order valence-corrected chi connectivity index (χ1v) is 8.53. The fourth-order valence-corrected chi connectivity index (χ4v) is 3.46. The Morgan fingerprint density at radius 2 is 1.62 bits per heavy atom. The van der Waals surface area contributed by atoms with Gasteiger partial charge in [-0.1, -0.05) is 59.4 Å². The maximum absolute atomic E-state index is 11.7. The van der Waals surface area contributed by atoms with Gasteiger partial charge in [0.25, 0.3) is 0 Å². The zero-order chi connectivity index (χ0) is 12.3. The van der Waals surface area contributed by atoms with Gasteiger partial charge in [-0.15, -0.1) is 0 Å². The SMILES string of the molecule is O=S(=O)(Oc1ccc(Cl)cc1)C(Br)C(Br)Br. The summed E-state index contributed by atoms with van der Waals surface area (Å²) in [5.41, 5.74) is 0. The molecule has 0 aromatic heterocycles. The van der Waals surface area contributed by atoms with Gasteiger partial charge in [0.15, 0.2) is 4.16 Å². The van der Waals surface area contributed by atoms with Gasteiger partial charge in [0.05, 0.1) is 3.74 Å². The summed E-state index contributed by atoms with van der Waals surface area (Å²) >= 11 is 14.8. The summed E-state index contributed by atoms with van der Waals surface area (Å²) in [5.74, 6) is 0.217. The molecular formula is C8H6Br3ClO3S. The van der Waals surface area contributed by atoms with E-state index in [1.54, 1.807) is 12.1 Å². The Labute approximate surface area is 124 Å². The molecule has 0 bridgehead atoms. The molecule has 0 saturated heterocycles. The van der Waals surface area contributed by atoms with Crippen molar-refractivity contribution in [1.82, 2.24) is 0 Å². The first-order valence-electron chi connectivity index (χ1n) is 3.94. The van der Waals surface area contributed by atoms with Crippen molar-refractivity contribution in [3.05, 3.63) is 29.3 Å². The highest BCUT2D eigenvalue weighted by Crippen LogP contribution is 2.27. The molecule has 1 rings (SSSR count). The molecule has 0 radical (unpaired) electrons. The van der Waals surface area contributed by atoms with Crippen LogP contribution in [0.1, 0.15) is 0 Å². The van der Waals surface area contributed by atoms with Crippen LogP contribution in [0.4, 0.5) is 0 Å². The Hall–Kier alpha value is 0.700. The van der Waals surface area contributed by atoms with E-state index in [9.17, 15) is 8.42 Å². The van der Waals surface area contributed by atoms with Crippen LogP contribution in [0.25, 0.3) is 0 Å². The Morgan fingerprint density at radius 1 is 1.12 bits per heavy atom. The van der Waals surface area contributed by atoms with Crippen molar-refractivity contribution in [2.24, 2.45) is 0 Å². The lowest BCUT2D eigenvalue weighted by Gasteiger charge is -2.13. The monoisotopic (exact) mass is 454 g/mol. The second-order valence-electron chi connectivity index (χ2n) is 2.72. The van der Waals surface area contributed by atoms with Crippen molar-refractivity contribution in [2.45, 2.75) is 7.90 Å². The fraction of sp³-hybridized carbons (Fsp3) is 0.250. The van der Waals surface area contributed by atoms with Crippen LogP contribution in [-0.4, -0.2) is 16.3 Å². The molecule has 0 aliphatic heterocycles. The largest absolute Gasteiger partial charge is 0.382 e. The Kier molecular flexibility index (Phi) is 5.57. The summed E-state index contributed by atoms with van der Waals surface area (Å²) in [6.45, 7) is 0. The Balaban J connectivity index is 2.85. The second-order valence-corrected chi connectivity index (χ2v) is 9.61. The van der Waals surface area contributed by atoms with Gasteiger partial charge in [0.1, 0.15) is 5.75 Å². The molecule has 1 unspecified atom stereocenters. The van der Waals surface area contributed by atoms with Gasteiger partial charge < -0.3 is 4.18 Å². The highest BCUT2D eigenvalue weighted by Gasteiger charge is 2.30. The van der Waals surface area contributed by atoms with Crippen molar-refractivity contribution in [2.75, 3.05) is 0 Å². The molecule has 0 aliphatic rings. The molecule has 0 amide bonds. The molecule has 1 aromatic carbocycles. The fourth-order valence-electron chi connectivity index (χ4n) is 0.796. The van der Waals surface area contributed by atoms with Crippen molar-refractivity contribution in [3.63, 3.8) is 0 Å². The van der Waals surface area contributed by atoms with Crippen LogP contribution in [-0.2, 0) is 10.1 Å². The highest BCUT2D eigenvalue weighted by atomic mass is 79.9. The minimum absolute atomic E-state index is 0.217. The Bertz CT molecular complexity index is 446. The number of hydrogen-bond donors (Lipinski definition) is 0. The molecule has 90 valence electrons. The van der Waals surface area contributed by atoms with Gasteiger partial charge >= 0.3 is 10.1 Å². The van der Waals surface area contributed by atoms with Gasteiger partial charge in [-0.05, 0) is 24.3 Å². The van der Waals surface area contributed by atoms with Crippen molar-refractivity contribution in [3.8, 4) is 5.75 Å². The maximum atomic E-state index is 11.7. The first kappa shape index (κ1) is 14.8. The van der Waals surface area contributed by atoms with Gasteiger partial charge in [0.2, 0.25) is 0 Å². The van der Waals surface area contributed by atoms with Crippen LogP contribution < -0.4 is 4.18 Å². The number of rotatable bonds is 4. The van der Waals surface area contributed by atoms with Crippen LogP contribution in [0.5, 0.6) is 5.75 Å². The van der Waals surface area contributed by atoms with Crippen LogP contribution in [0.3, 0.4) is 0 Å². The smallest absolute Gasteiger partial charge is 0.324 e. The molecule has 0 N–H and O–H groups in total. The Morgan fingerprint density at radius 3 is 2.06 bits per heavy atom. The number of benzene rings is 1. The summed E-state index contributed by atoms with van der Waals surface area (Å²) in [6.07, 6.45) is 0. The molecule has 0 heterocycles. The molecule has 0 saturated carbocycles. The van der Waals surface area contributed by atoms with Crippen molar-refractivity contribution in [1.29, 1.82) is 0 Å². The van der Waals surface area contributed by atoms with E-state index < -0.39 is 18.0 Å². The predicted octanol–water partition coefficient (Wildman–Crippen LogP) is 3.89. The number of hydrogen-bond acceptors (Lipinski definition) is 3. The zero-order valence-corrected chi connectivity index (χ0v) is 13.9. The molecule has 0 fully saturated rings. The van der Waals surface area contributed by atoms with Gasteiger partial charge in [-0.25, -0.2) is 0 Å². The molecule has 16 heavy (non-hydrogen) atoms. The van der Waals surface area contributed by atoms with Crippen molar-refractivity contribution >= 4 is 69.5 Å². The zero-order valence-electron chi connectivity index (χ0n) is 7.61. The summed E-state index contributed by atoms with van der Waals surface area (Å²) in [4.78, 5) is 0. The summed E-state index contributed by atoms with van der Waals surface area (Å²) < 4.78 is 26.9. The first-order chi connectivity index (χ1) is 7.33. The van der Waals surface area contributed by atoms with E-state index in [2.05, 4.69) is 47.8 Å². The average Bonchev–Trinajstić information content (AvgIpc) is 2.20. The van der Waals surface area contributed by atoms with Crippen LogP contribution in [0.15, 0.2) is 24.3 Å². The summed E-state index contributed by atoms with van der Waals surface area (Å²) in [7, 11) is -3.75. The average molecular weight is 457 g/mol. The third-order valence-electron chi connectivity index (χ3n) is 1.50. The molecule has 0 aliphatic carbocycles. The van der Waals surface area contributed by atoms with Crippen LogP contribution in [0, 0.1) is 0 Å². The quantitative estimate of drug-likeness (QED) is 0.509. The lowest BCUT2D eigenvalue weighted by Crippen LogP contribution is -2.25. The van der Waals surface area contributed by atoms with E-state index in [0.717, 1.165) is 0 Å². The third-order valence-corrected chi connectivity index (χ3v) is 8.08. The summed E-state index contributed by atoms with van der Waals surface area (Å²) in [5, 5.41) is 0.513. The maximum Gasteiger partial charge on any atom is 0.324 e. The molecule has 1 atom stereocenters. The minimum atomic E-state index is -3.75. The van der Waals surface area contributed by atoms with Gasteiger partial charge in [-0.3, -0.25) is 0 Å². The topological polar surface area (TPSA) is 43.4 Å². The van der Waals surface area contributed by atoms with Gasteiger partial charge in [0, 0.05) is 5.02 Å². The third kappa shape index (κ3) is 4.18. The standard InChI is InChI=1S/C8H6Br3ClO3S/c9-7(10)8(11)16(13,14)15-6-3-1-5(12)2-4-6/h1-4,7-8H. The van der Waals surface area contributed by atoms with Crippen LogP contribution >= 0.6 is 59.4 Å². The lowest BCUT2D eigenvalue weighted by molar-refractivity contribution is 0.485. The van der Waals surface area contributed by atoms with E-state index >= 15 is 0 Å². The van der Waals surface area contributed by atoms with E-state index in [1.165, 1.54) is 12.1 Å². The molecular weight excluding hydrogens is 451 g/mol. The summed E-state index contributed by atoms with van der Waals surface area (Å²) in [6, 6.07) is 6.07. The number of alkyl halides is 3. The number of halogens is 4. The van der Waals surface area contributed by atoms with Crippen LogP contribution in [0.2, 0.25) is 5.02 Å². The molecule has 8 heteroatoms. The highest BCUT2D eigenvalue weighted by molar-refractivity contribution is 9.25. The van der Waals surface area contributed by atoms with E-state index in [-0.39, 0.29) is 5.75 Å². The van der Waals surface area contributed by atoms with E-state index in [4.69, 9.17) is 15.8 Å². The van der Waals surface area contributed by atoms with Crippen molar-refractivity contribution < 1.29 is 12.6 Å². The minimum Gasteiger partial charge on any atom is -0.382 e. The van der Waals surface area contributed by atoms with Gasteiger partial charge in [-0.2, -0.15) is 8.42 Å². The predicted molar refractivity (Wildman–Crippen MR) is 75.4 cm³/mol. The molecule has 1 aromatic rings. The van der Waals surface area contributed by atoms with E-state index in [0.29, 0.717) is 5.02 Å². The molecule has 3 nitrogen and oxygen atoms in total.